The molecular formula is C21H23N3O3. The SMILES string of the molecule is CCc1ccccc1NC(=O)CN(C)C(=O)C(C)Oc1ccccc1C#N. The van der Waals surface area contributed by atoms with Crippen molar-refractivity contribution in [2.45, 2.75) is 26.4 Å². The van der Waals surface area contributed by atoms with E-state index in [2.05, 4.69) is 5.32 Å². The number of aryl methyl sites for hydroxylation is 1. The molecule has 0 bridgehead atoms. The summed E-state index contributed by atoms with van der Waals surface area (Å²) in [5.41, 5.74) is 2.14. The van der Waals surface area contributed by atoms with E-state index in [1.165, 1.54) is 4.90 Å². The van der Waals surface area contributed by atoms with E-state index in [9.17, 15) is 9.59 Å². The van der Waals surface area contributed by atoms with Crippen LogP contribution in [0, 0.1) is 11.3 Å². The molecule has 0 aliphatic heterocycles. The minimum atomic E-state index is -0.819. The van der Waals surface area contributed by atoms with Gasteiger partial charge in [0.2, 0.25) is 5.91 Å². The number of nitriles is 1. The zero-order valence-corrected chi connectivity index (χ0v) is 15.7. The van der Waals surface area contributed by atoms with Crippen LogP contribution in [-0.2, 0) is 16.0 Å². The Morgan fingerprint density at radius 3 is 2.56 bits per heavy atom. The van der Waals surface area contributed by atoms with Crippen LogP contribution < -0.4 is 10.1 Å². The number of amides is 2. The van der Waals surface area contributed by atoms with Gasteiger partial charge in [0.15, 0.2) is 6.10 Å². The molecular weight excluding hydrogens is 342 g/mol. The number of hydrogen-bond acceptors (Lipinski definition) is 4. The lowest BCUT2D eigenvalue weighted by atomic mass is 10.1. The number of carbonyl (C=O) groups is 2. The summed E-state index contributed by atoms with van der Waals surface area (Å²) in [5, 5.41) is 11.9. The van der Waals surface area contributed by atoms with E-state index in [0.29, 0.717) is 11.3 Å². The number of nitrogens with zero attached hydrogens (tertiary/aromatic N) is 2. The van der Waals surface area contributed by atoms with Crippen LogP contribution in [0.25, 0.3) is 0 Å². The van der Waals surface area contributed by atoms with Crippen molar-refractivity contribution in [2.75, 3.05) is 18.9 Å². The third kappa shape index (κ3) is 5.32. The van der Waals surface area contributed by atoms with Gasteiger partial charge in [-0.15, -0.1) is 0 Å². The van der Waals surface area contributed by atoms with Crippen molar-refractivity contribution in [3.63, 3.8) is 0 Å². The van der Waals surface area contributed by atoms with Crippen molar-refractivity contribution in [1.82, 2.24) is 4.90 Å². The normalized spacial score (nSPS) is 11.2. The van der Waals surface area contributed by atoms with E-state index < -0.39 is 6.10 Å². The highest BCUT2D eigenvalue weighted by atomic mass is 16.5. The number of ether oxygens (including phenoxy) is 1. The lowest BCUT2D eigenvalue weighted by Crippen LogP contribution is -2.42. The average Bonchev–Trinajstić information content (AvgIpc) is 2.68. The smallest absolute Gasteiger partial charge is 0.263 e. The molecule has 0 saturated heterocycles. The molecule has 6 nitrogen and oxygen atoms in total. The first-order chi connectivity index (χ1) is 13.0. The average molecular weight is 365 g/mol. The van der Waals surface area contributed by atoms with Gasteiger partial charge in [-0.05, 0) is 37.1 Å². The van der Waals surface area contributed by atoms with Crippen LogP contribution in [0.2, 0.25) is 0 Å². The second kappa shape index (κ2) is 9.39. The summed E-state index contributed by atoms with van der Waals surface area (Å²) in [5.74, 6) is -0.284. The molecule has 27 heavy (non-hydrogen) atoms. The fraction of sp³-hybridized carbons (Fsp3) is 0.286. The number of rotatable bonds is 7. The number of carbonyl (C=O) groups excluding carboxylic acids is 2. The minimum Gasteiger partial charge on any atom is -0.480 e. The molecule has 0 heterocycles. The molecule has 0 aromatic heterocycles. The van der Waals surface area contributed by atoms with Crippen LogP contribution in [0.3, 0.4) is 0 Å². The first kappa shape index (κ1) is 20.0. The highest BCUT2D eigenvalue weighted by Crippen LogP contribution is 2.19. The number of likely N-dealkylation sites (N-methyl/N-ethyl adjacent to an activating group) is 1. The van der Waals surface area contributed by atoms with Crippen LogP contribution in [0.1, 0.15) is 25.0 Å². The van der Waals surface area contributed by atoms with Gasteiger partial charge < -0.3 is 15.0 Å². The number of anilines is 1. The quantitative estimate of drug-likeness (QED) is 0.818. The van der Waals surface area contributed by atoms with Gasteiger partial charge in [-0.3, -0.25) is 9.59 Å². The fourth-order valence-corrected chi connectivity index (χ4v) is 2.65. The van der Waals surface area contributed by atoms with Gasteiger partial charge in [-0.1, -0.05) is 37.3 Å². The van der Waals surface area contributed by atoms with Crippen LogP contribution in [0.5, 0.6) is 5.75 Å². The Kier molecular flexibility index (Phi) is 6.95. The molecule has 0 aliphatic rings. The molecule has 0 fully saturated rings. The Balaban J connectivity index is 1.96. The second-order valence-electron chi connectivity index (χ2n) is 6.12. The molecule has 0 spiro atoms. The lowest BCUT2D eigenvalue weighted by Gasteiger charge is -2.22. The highest BCUT2D eigenvalue weighted by molar-refractivity contribution is 5.95. The summed E-state index contributed by atoms with van der Waals surface area (Å²) in [7, 11) is 1.55. The van der Waals surface area contributed by atoms with Crippen molar-refractivity contribution >= 4 is 17.5 Å². The first-order valence-corrected chi connectivity index (χ1v) is 8.74. The molecule has 0 radical (unpaired) electrons. The van der Waals surface area contributed by atoms with Crippen LogP contribution >= 0.6 is 0 Å². The second-order valence-corrected chi connectivity index (χ2v) is 6.12. The molecule has 1 unspecified atom stereocenters. The molecule has 2 amide bonds. The summed E-state index contributed by atoms with van der Waals surface area (Å²) < 4.78 is 5.61. The van der Waals surface area contributed by atoms with Gasteiger partial charge in [-0.2, -0.15) is 5.26 Å². The van der Waals surface area contributed by atoms with Crippen LogP contribution in [0.4, 0.5) is 5.69 Å². The van der Waals surface area contributed by atoms with Gasteiger partial charge in [0.1, 0.15) is 11.8 Å². The minimum absolute atomic E-state index is 0.0928. The highest BCUT2D eigenvalue weighted by Gasteiger charge is 2.22. The van der Waals surface area contributed by atoms with Gasteiger partial charge in [-0.25, -0.2) is 0 Å². The predicted molar refractivity (Wildman–Crippen MR) is 103 cm³/mol. The summed E-state index contributed by atoms with van der Waals surface area (Å²) in [4.78, 5) is 26.1. The molecule has 2 rings (SSSR count). The number of benzene rings is 2. The maximum absolute atomic E-state index is 12.5. The van der Waals surface area contributed by atoms with Crippen molar-refractivity contribution in [1.29, 1.82) is 5.26 Å². The Labute approximate surface area is 159 Å². The van der Waals surface area contributed by atoms with E-state index in [-0.39, 0.29) is 18.4 Å². The summed E-state index contributed by atoms with van der Waals surface area (Å²) in [6.07, 6.45) is -0.0192. The predicted octanol–water partition coefficient (Wildman–Crippen LogP) is 2.99. The summed E-state index contributed by atoms with van der Waals surface area (Å²) >= 11 is 0. The fourth-order valence-electron chi connectivity index (χ4n) is 2.65. The van der Waals surface area contributed by atoms with Crippen LogP contribution in [-0.4, -0.2) is 36.4 Å². The largest absolute Gasteiger partial charge is 0.480 e. The molecule has 1 atom stereocenters. The first-order valence-electron chi connectivity index (χ1n) is 8.74. The Bertz CT molecular complexity index is 858. The Hall–Kier alpha value is -3.33. The van der Waals surface area contributed by atoms with Crippen LogP contribution in [0.15, 0.2) is 48.5 Å². The topological polar surface area (TPSA) is 82.4 Å². The van der Waals surface area contributed by atoms with Gasteiger partial charge in [0.05, 0.1) is 12.1 Å². The number of nitrogens with one attached hydrogen (secondary N) is 1. The van der Waals surface area contributed by atoms with E-state index in [1.807, 2.05) is 37.3 Å². The van der Waals surface area contributed by atoms with E-state index in [1.54, 1.807) is 38.2 Å². The van der Waals surface area contributed by atoms with Crippen molar-refractivity contribution in [3.05, 3.63) is 59.7 Å². The summed E-state index contributed by atoms with van der Waals surface area (Å²) in [6, 6.07) is 16.3. The van der Waals surface area contributed by atoms with Crippen molar-refractivity contribution in [3.8, 4) is 11.8 Å². The van der Waals surface area contributed by atoms with Gasteiger partial charge >= 0.3 is 0 Å². The third-order valence-corrected chi connectivity index (χ3v) is 4.09. The molecule has 0 aliphatic carbocycles. The molecule has 6 heteroatoms. The number of hydrogen-bond donors (Lipinski definition) is 1. The summed E-state index contributed by atoms with van der Waals surface area (Å²) in [6.45, 7) is 3.51. The third-order valence-electron chi connectivity index (χ3n) is 4.09. The Morgan fingerprint density at radius 1 is 1.19 bits per heavy atom. The molecule has 0 saturated carbocycles. The molecule has 2 aromatic carbocycles. The molecule has 1 N–H and O–H groups in total. The molecule has 2 aromatic rings. The monoisotopic (exact) mass is 365 g/mol. The van der Waals surface area contributed by atoms with E-state index in [4.69, 9.17) is 10.00 Å². The molecule has 140 valence electrons. The zero-order chi connectivity index (χ0) is 19.8. The lowest BCUT2D eigenvalue weighted by molar-refractivity contribution is -0.139. The van der Waals surface area contributed by atoms with E-state index >= 15 is 0 Å². The van der Waals surface area contributed by atoms with Crippen molar-refractivity contribution < 1.29 is 14.3 Å². The zero-order valence-electron chi connectivity index (χ0n) is 15.7. The maximum Gasteiger partial charge on any atom is 0.263 e. The van der Waals surface area contributed by atoms with Crippen molar-refractivity contribution in [2.24, 2.45) is 0 Å². The standard InChI is InChI=1S/C21H23N3O3/c1-4-16-9-5-7-11-18(16)23-20(25)14-24(3)21(26)15(2)27-19-12-8-6-10-17(19)13-22/h5-12,15H,4,14H2,1-3H3,(H,23,25). The maximum atomic E-state index is 12.5. The van der Waals surface area contributed by atoms with Gasteiger partial charge in [0, 0.05) is 12.7 Å². The van der Waals surface area contributed by atoms with E-state index in [0.717, 1.165) is 17.7 Å². The number of para-hydroxylation sites is 2. The Morgan fingerprint density at radius 2 is 1.85 bits per heavy atom. The van der Waals surface area contributed by atoms with Gasteiger partial charge in [0.25, 0.3) is 5.91 Å².